The van der Waals surface area contributed by atoms with Crippen molar-refractivity contribution in [3.05, 3.63) is 29.3 Å². The van der Waals surface area contributed by atoms with Gasteiger partial charge >= 0.3 is 0 Å². The van der Waals surface area contributed by atoms with Crippen molar-refractivity contribution in [1.29, 1.82) is 0 Å². The molecule has 0 spiro atoms. The van der Waals surface area contributed by atoms with Crippen LogP contribution < -0.4 is 4.90 Å². The van der Waals surface area contributed by atoms with Crippen molar-refractivity contribution >= 4 is 17.3 Å². The van der Waals surface area contributed by atoms with E-state index in [2.05, 4.69) is 0 Å². The van der Waals surface area contributed by atoms with Crippen LogP contribution in [-0.2, 0) is 0 Å². The molecule has 15 heavy (non-hydrogen) atoms. The molecule has 0 aliphatic rings. The molecule has 1 aromatic carbocycles. The molecule has 0 saturated carbocycles. The van der Waals surface area contributed by atoms with Crippen molar-refractivity contribution in [2.75, 3.05) is 24.9 Å². The summed E-state index contributed by atoms with van der Waals surface area (Å²) in [6, 6.07) is 2.31. The summed E-state index contributed by atoms with van der Waals surface area (Å²) < 4.78 is 26.4. The summed E-state index contributed by atoms with van der Waals surface area (Å²) in [5.74, 6) is -1.97. The highest BCUT2D eigenvalue weighted by atomic mass is 35.5. The molecule has 5 heteroatoms. The van der Waals surface area contributed by atoms with Gasteiger partial charge in [-0.3, -0.25) is 0 Å². The molecule has 0 radical (unpaired) electrons. The van der Waals surface area contributed by atoms with E-state index in [0.717, 1.165) is 6.07 Å². The number of benzene rings is 1. The summed E-state index contributed by atoms with van der Waals surface area (Å²) in [4.78, 5) is 1.41. The maximum absolute atomic E-state index is 13.4. The van der Waals surface area contributed by atoms with Crippen LogP contribution in [0.3, 0.4) is 0 Å². The summed E-state index contributed by atoms with van der Waals surface area (Å²) >= 11 is 5.47. The average molecular weight is 236 g/mol. The van der Waals surface area contributed by atoms with Gasteiger partial charge in [0.2, 0.25) is 0 Å². The van der Waals surface area contributed by atoms with Crippen molar-refractivity contribution in [2.24, 2.45) is 0 Å². The van der Waals surface area contributed by atoms with E-state index >= 15 is 0 Å². The molecule has 84 valence electrons. The normalized spacial score (nSPS) is 12.7. The molecule has 1 atom stereocenters. The fourth-order valence-electron chi connectivity index (χ4n) is 1.36. The number of nitrogens with zero attached hydrogens (tertiary/aromatic N) is 1. The molecular formula is C10H12ClF2NO. The molecule has 0 saturated heterocycles. The summed E-state index contributed by atoms with van der Waals surface area (Å²) in [6.45, 7) is 0. The molecule has 0 fully saturated rings. The number of halogens is 3. The van der Waals surface area contributed by atoms with Gasteiger partial charge in [0.05, 0.1) is 17.7 Å². The van der Waals surface area contributed by atoms with E-state index in [1.54, 1.807) is 14.1 Å². The number of alkyl halides is 1. The van der Waals surface area contributed by atoms with E-state index < -0.39 is 17.7 Å². The maximum Gasteiger partial charge on any atom is 0.182 e. The van der Waals surface area contributed by atoms with Crippen LogP contribution in [0.15, 0.2) is 12.1 Å². The van der Waals surface area contributed by atoms with E-state index in [0.29, 0.717) is 0 Å². The molecule has 0 heterocycles. The van der Waals surface area contributed by atoms with Gasteiger partial charge in [-0.25, -0.2) is 8.78 Å². The Morgan fingerprint density at radius 3 is 2.47 bits per heavy atom. The third-order valence-corrected chi connectivity index (χ3v) is 2.34. The zero-order valence-electron chi connectivity index (χ0n) is 8.47. The second kappa shape index (κ2) is 4.77. The van der Waals surface area contributed by atoms with Crippen LogP contribution in [0.1, 0.15) is 11.7 Å². The van der Waals surface area contributed by atoms with Gasteiger partial charge < -0.3 is 10.0 Å². The minimum absolute atomic E-state index is 0.0307. The van der Waals surface area contributed by atoms with Crippen molar-refractivity contribution in [3.63, 3.8) is 0 Å². The molecule has 1 rings (SSSR count). The average Bonchev–Trinajstić information content (AvgIpc) is 2.20. The monoisotopic (exact) mass is 235 g/mol. The maximum atomic E-state index is 13.4. The largest absolute Gasteiger partial charge is 0.387 e. The molecule has 1 aromatic rings. The highest BCUT2D eigenvalue weighted by Gasteiger charge is 2.19. The van der Waals surface area contributed by atoms with Crippen LogP contribution in [0.5, 0.6) is 0 Å². The molecule has 1 unspecified atom stereocenters. The van der Waals surface area contributed by atoms with E-state index in [4.69, 9.17) is 11.6 Å². The lowest BCUT2D eigenvalue weighted by Crippen LogP contribution is -2.16. The minimum Gasteiger partial charge on any atom is -0.387 e. The van der Waals surface area contributed by atoms with Crippen molar-refractivity contribution in [3.8, 4) is 0 Å². The van der Waals surface area contributed by atoms with Gasteiger partial charge in [0.25, 0.3) is 0 Å². The lowest BCUT2D eigenvalue weighted by molar-refractivity contribution is 0.202. The number of aliphatic hydroxyl groups excluding tert-OH is 1. The molecule has 0 amide bonds. The first-order valence-electron chi connectivity index (χ1n) is 4.38. The quantitative estimate of drug-likeness (QED) is 0.813. The van der Waals surface area contributed by atoms with E-state index in [9.17, 15) is 13.9 Å². The van der Waals surface area contributed by atoms with E-state index in [-0.39, 0.29) is 17.1 Å². The predicted octanol–water partition coefficient (Wildman–Crippen LogP) is 2.30. The van der Waals surface area contributed by atoms with E-state index in [1.165, 1.54) is 11.0 Å². The number of anilines is 1. The molecule has 0 aliphatic carbocycles. The molecule has 2 nitrogen and oxygen atoms in total. The first-order chi connectivity index (χ1) is 6.99. The van der Waals surface area contributed by atoms with Crippen LogP contribution in [0.4, 0.5) is 14.5 Å². The SMILES string of the molecule is CN(C)c1c(C(O)CCl)ccc(F)c1F. The van der Waals surface area contributed by atoms with Gasteiger partial charge in [-0.15, -0.1) is 11.6 Å². The first-order valence-corrected chi connectivity index (χ1v) is 4.91. The van der Waals surface area contributed by atoms with E-state index in [1.807, 2.05) is 0 Å². The van der Waals surface area contributed by atoms with Crippen molar-refractivity contribution in [2.45, 2.75) is 6.10 Å². The van der Waals surface area contributed by atoms with Gasteiger partial charge in [-0.2, -0.15) is 0 Å². The van der Waals surface area contributed by atoms with Crippen LogP contribution >= 0.6 is 11.6 Å². The Bertz CT molecular complexity index is 358. The Labute approximate surface area is 92.1 Å². The fraction of sp³-hybridized carbons (Fsp3) is 0.400. The molecular weight excluding hydrogens is 224 g/mol. The van der Waals surface area contributed by atoms with Crippen molar-refractivity contribution < 1.29 is 13.9 Å². The standard InChI is InChI=1S/C10H12ClF2NO/c1-14(2)10-6(8(15)5-11)3-4-7(12)9(10)13/h3-4,8,15H,5H2,1-2H3. The van der Waals surface area contributed by atoms with Crippen LogP contribution in [0.25, 0.3) is 0 Å². The van der Waals surface area contributed by atoms with Gasteiger partial charge in [0.1, 0.15) is 0 Å². The van der Waals surface area contributed by atoms with Crippen LogP contribution in [-0.4, -0.2) is 25.1 Å². The Balaban J connectivity index is 3.33. The zero-order valence-corrected chi connectivity index (χ0v) is 9.22. The number of aliphatic hydroxyl groups is 1. The highest BCUT2D eigenvalue weighted by Crippen LogP contribution is 2.30. The lowest BCUT2D eigenvalue weighted by Gasteiger charge is -2.20. The Kier molecular flexibility index (Phi) is 3.88. The predicted molar refractivity (Wildman–Crippen MR) is 56.4 cm³/mol. The molecule has 1 N–H and O–H groups in total. The Hall–Kier alpha value is -0.870. The second-order valence-electron chi connectivity index (χ2n) is 3.36. The Morgan fingerprint density at radius 2 is 2.00 bits per heavy atom. The summed E-state index contributed by atoms with van der Waals surface area (Å²) in [5.41, 5.74) is 0.317. The first kappa shape index (κ1) is 12.2. The third kappa shape index (κ3) is 2.38. The summed E-state index contributed by atoms with van der Waals surface area (Å²) in [7, 11) is 3.14. The number of hydrogen-bond acceptors (Lipinski definition) is 2. The topological polar surface area (TPSA) is 23.5 Å². The summed E-state index contributed by atoms with van der Waals surface area (Å²) in [6.07, 6.45) is -1.00. The number of hydrogen-bond donors (Lipinski definition) is 1. The smallest absolute Gasteiger partial charge is 0.182 e. The zero-order chi connectivity index (χ0) is 11.6. The minimum atomic E-state index is -1.00. The van der Waals surface area contributed by atoms with Gasteiger partial charge in [0, 0.05) is 19.7 Å². The van der Waals surface area contributed by atoms with Crippen molar-refractivity contribution in [1.82, 2.24) is 0 Å². The van der Waals surface area contributed by atoms with Gasteiger partial charge in [-0.1, -0.05) is 6.07 Å². The Morgan fingerprint density at radius 1 is 1.40 bits per heavy atom. The van der Waals surface area contributed by atoms with Gasteiger partial charge in [-0.05, 0) is 6.07 Å². The fourth-order valence-corrected chi connectivity index (χ4v) is 1.53. The molecule has 0 aliphatic heterocycles. The highest BCUT2D eigenvalue weighted by molar-refractivity contribution is 6.18. The lowest BCUT2D eigenvalue weighted by atomic mass is 10.1. The van der Waals surface area contributed by atoms with Crippen LogP contribution in [0.2, 0.25) is 0 Å². The molecule has 0 aromatic heterocycles. The molecule has 0 bridgehead atoms. The third-order valence-electron chi connectivity index (χ3n) is 2.05. The van der Waals surface area contributed by atoms with Crippen LogP contribution in [0, 0.1) is 11.6 Å². The summed E-state index contributed by atoms with van der Waals surface area (Å²) in [5, 5.41) is 9.53. The van der Waals surface area contributed by atoms with Gasteiger partial charge in [0.15, 0.2) is 11.6 Å². The second-order valence-corrected chi connectivity index (χ2v) is 3.67. The number of rotatable bonds is 3.